The molecule has 126 valence electrons. The highest BCUT2D eigenvalue weighted by Crippen LogP contribution is 2.15. The fourth-order valence-electron chi connectivity index (χ4n) is 2.54. The van der Waals surface area contributed by atoms with Crippen LogP contribution in [0.1, 0.15) is 22.3 Å². The van der Waals surface area contributed by atoms with Gasteiger partial charge in [0.05, 0.1) is 5.56 Å². The van der Waals surface area contributed by atoms with Gasteiger partial charge in [0, 0.05) is 30.3 Å². The van der Waals surface area contributed by atoms with Crippen LogP contribution in [0.25, 0.3) is 0 Å². The molecule has 1 aromatic heterocycles. The van der Waals surface area contributed by atoms with E-state index in [-0.39, 0.29) is 5.91 Å². The SMILES string of the molecule is O=C(Nc1ccc(NCCCc2ccccc2)cc1)c1cccnc1. The van der Waals surface area contributed by atoms with Gasteiger partial charge in [-0.2, -0.15) is 0 Å². The second kappa shape index (κ2) is 8.64. The van der Waals surface area contributed by atoms with Crippen LogP contribution in [0.5, 0.6) is 0 Å². The molecule has 2 N–H and O–H groups in total. The van der Waals surface area contributed by atoms with Gasteiger partial charge in [0.2, 0.25) is 0 Å². The van der Waals surface area contributed by atoms with Crippen LogP contribution in [-0.2, 0) is 6.42 Å². The Morgan fingerprint density at radius 1 is 0.880 bits per heavy atom. The van der Waals surface area contributed by atoms with Crippen LogP contribution in [-0.4, -0.2) is 17.4 Å². The molecule has 0 saturated heterocycles. The number of amides is 1. The number of anilines is 2. The summed E-state index contributed by atoms with van der Waals surface area (Å²) in [5.74, 6) is -0.156. The molecule has 0 aliphatic heterocycles. The minimum atomic E-state index is -0.156. The monoisotopic (exact) mass is 331 g/mol. The van der Waals surface area contributed by atoms with E-state index in [2.05, 4.69) is 39.9 Å². The Balaban J connectivity index is 1.45. The fourth-order valence-corrected chi connectivity index (χ4v) is 2.54. The van der Waals surface area contributed by atoms with Crippen molar-refractivity contribution in [1.29, 1.82) is 0 Å². The van der Waals surface area contributed by atoms with Crippen molar-refractivity contribution in [2.75, 3.05) is 17.2 Å². The summed E-state index contributed by atoms with van der Waals surface area (Å²) in [6, 6.07) is 21.7. The van der Waals surface area contributed by atoms with Gasteiger partial charge in [-0.15, -0.1) is 0 Å². The van der Waals surface area contributed by atoms with Gasteiger partial charge in [-0.3, -0.25) is 9.78 Å². The average molecular weight is 331 g/mol. The van der Waals surface area contributed by atoms with Gasteiger partial charge in [0.15, 0.2) is 0 Å². The zero-order chi connectivity index (χ0) is 17.3. The zero-order valence-electron chi connectivity index (χ0n) is 14.0. The summed E-state index contributed by atoms with van der Waals surface area (Å²) in [5.41, 5.74) is 3.72. The van der Waals surface area contributed by atoms with E-state index in [1.807, 2.05) is 30.3 Å². The van der Waals surface area contributed by atoms with E-state index in [1.165, 1.54) is 5.56 Å². The Hall–Kier alpha value is -3.14. The predicted molar refractivity (Wildman–Crippen MR) is 102 cm³/mol. The predicted octanol–water partition coefficient (Wildman–Crippen LogP) is 4.38. The van der Waals surface area contributed by atoms with E-state index in [4.69, 9.17) is 0 Å². The third-order valence-electron chi connectivity index (χ3n) is 3.88. The molecule has 3 aromatic rings. The number of nitrogens with zero attached hydrogens (tertiary/aromatic N) is 1. The molecular weight excluding hydrogens is 310 g/mol. The van der Waals surface area contributed by atoms with Crippen molar-refractivity contribution in [2.24, 2.45) is 0 Å². The van der Waals surface area contributed by atoms with Crippen LogP contribution in [0.3, 0.4) is 0 Å². The van der Waals surface area contributed by atoms with Crippen molar-refractivity contribution in [1.82, 2.24) is 4.98 Å². The van der Waals surface area contributed by atoms with E-state index >= 15 is 0 Å². The lowest BCUT2D eigenvalue weighted by Crippen LogP contribution is -2.12. The van der Waals surface area contributed by atoms with Gasteiger partial charge >= 0.3 is 0 Å². The molecule has 3 rings (SSSR count). The lowest BCUT2D eigenvalue weighted by atomic mass is 10.1. The number of hydrogen-bond acceptors (Lipinski definition) is 3. The number of hydrogen-bond donors (Lipinski definition) is 2. The van der Waals surface area contributed by atoms with Crippen LogP contribution in [0.4, 0.5) is 11.4 Å². The molecule has 0 aliphatic carbocycles. The first kappa shape index (κ1) is 16.7. The summed E-state index contributed by atoms with van der Waals surface area (Å²) >= 11 is 0. The number of benzene rings is 2. The molecule has 2 aromatic carbocycles. The molecule has 4 heteroatoms. The molecule has 0 fully saturated rings. The molecule has 1 amide bonds. The Morgan fingerprint density at radius 2 is 1.64 bits per heavy atom. The van der Waals surface area contributed by atoms with Crippen LogP contribution in [0, 0.1) is 0 Å². The highest BCUT2D eigenvalue weighted by molar-refractivity contribution is 6.04. The van der Waals surface area contributed by atoms with Gasteiger partial charge in [0.1, 0.15) is 0 Å². The average Bonchev–Trinajstić information content (AvgIpc) is 2.68. The van der Waals surface area contributed by atoms with E-state index in [9.17, 15) is 4.79 Å². The highest BCUT2D eigenvalue weighted by Gasteiger charge is 2.05. The second-order valence-electron chi connectivity index (χ2n) is 5.79. The zero-order valence-corrected chi connectivity index (χ0v) is 14.0. The van der Waals surface area contributed by atoms with Crippen LogP contribution >= 0.6 is 0 Å². The minimum Gasteiger partial charge on any atom is -0.385 e. The Kier molecular flexibility index (Phi) is 5.77. The maximum absolute atomic E-state index is 12.1. The number of aryl methyl sites for hydroxylation is 1. The van der Waals surface area contributed by atoms with Gasteiger partial charge in [-0.1, -0.05) is 30.3 Å². The molecule has 0 saturated carbocycles. The third-order valence-corrected chi connectivity index (χ3v) is 3.88. The standard InChI is InChI=1S/C21H21N3O/c25-21(18-9-5-14-22-16-18)24-20-12-10-19(11-13-20)23-15-4-8-17-6-2-1-3-7-17/h1-3,5-7,9-14,16,23H,4,8,15H2,(H,24,25). The first-order valence-corrected chi connectivity index (χ1v) is 8.40. The molecule has 0 atom stereocenters. The van der Waals surface area contributed by atoms with Crippen LogP contribution < -0.4 is 10.6 Å². The van der Waals surface area contributed by atoms with Crippen molar-refractivity contribution >= 4 is 17.3 Å². The normalized spacial score (nSPS) is 10.2. The summed E-state index contributed by atoms with van der Waals surface area (Å²) in [4.78, 5) is 16.0. The first-order chi connectivity index (χ1) is 12.3. The van der Waals surface area contributed by atoms with Gasteiger partial charge < -0.3 is 10.6 Å². The maximum Gasteiger partial charge on any atom is 0.257 e. The maximum atomic E-state index is 12.1. The molecule has 25 heavy (non-hydrogen) atoms. The summed E-state index contributed by atoms with van der Waals surface area (Å²) in [6.07, 6.45) is 5.34. The highest BCUT2D eigenvalue weighted by atomic mass is 16.1. The number of carbonyl (C=O) groups excluding carboxylic acids is 1. The molecular formula is C21H21N3O. The quantitative estimate of drug-likeness (QED) is 0.632. The molecule has 1 heterocycles. The van der Waals surface area contributed by atoms with Crippen LogP contribution in [0.15, 0.2) is 79.1 Å². The third kappa shape index (κ3) is 5.18. The molecule has 0 aliphatic rings. The number of pyridine rings is 1. The van der Waals surface area contributed by atoms with E-state index in [0.29, 0.717) is 5.56 Å². The minimum absolute atomic E-state index is 0.156. The van der Waals surface area contributed by atoms with E-state index < -0.39 is 0 Å². The summed E-state index contributed by atoms with van der Waals surface area (Å²) in [6.45, 7) is 0.913. The van der Waals surface area contributed by atoms with Crippen molar-refractivity contribution < 1.29 is 4.79 Å². The molecule has 0 unspecified atom stereocenters. The summed E-state index contributed by atoms with van der Waals surface area (Å²) in [7, 11) is 0. The molecule has 0 bridgehead atoms. The van der Waals surface area contributed by atoms with Crippen molar-refractivity contribution in [2.45, 2.75) is 12.8 Å². The smallest absolute Gasteiger partial charge is 0.257 e. The number of nitrogens with one attached hydrogen (secondary N) is 2. The number of rotatable bonds is 7. The van der Waals surface area contributed by atoms with Gasteiger partial charge in [0.25, 0.3) is 5.91 Å². The lowest BCUT2D eigenvalue weighted by Gasteiger charge is -2.09. The van der Waals surface area contributed by atoms with Crippen molar-refractivity contribution in [3.63, 3.8) is 0 Å². The molecule has 0 spiro atoms. The number of carbonyl (C=O) groups is 1. The van der Waals surface area contributed by atoms with E-state index in [1.54, 1.807) is 24.5 Å². The fraction of sp³-hybridized carbons (Fsp3) is 0.143. The van der Waals surface area contributed by atoms with Crippen molar-refractivity contribution in [3.8, 4) is 0 Å². The lowest BCUT2D eigenvalue weighted by molar-refractivity contribution is 0.102. The topological polar surface area (TPSA) is 54.0 Å². The Labute approximate surface area is 147 Å². The Morgan fingerprint density at radius 3 is 2.36 bits per heavy atom. The number of aromatic nitrogens is 1. The largest absolute Gasteiger partial charge is 0.385 e. The van der Waals surface area contributed by atoms with Crippen molar-refractivity contribution in [3.05, 3.63) is 90.3 Å². The summed E-state index contributed by atoms with van der Waals surface area (Å²) in [5, 5.41) is 6.27. The molecule has 0 radical (unpaired) electrons. The van der Waals surface area contributed by atoms with Gasteiger partial charge in [-0.25, -0.2) is 0 Å². The van der Waals surface area contributed by atoms with Gasteiger partial charge in [-0.05, 0) is 54.8 Å². The second-order valence-corrected chi connectivity index (χ2v) is 5.79. The Bertz CT molecular complexity index is 786. The first-order valence-electron chi connectivity index (χ1n) is 8.40. The van der Waals surface area contributed by atoms with Crippen LogP contribution in [0.2, 0.25) is 0 Å². The summed E-state index contributed by atoms with van der Waals surface area (Å²) < 4.78 is 0. The molecule has 4 nitrogen and oxygen atoms in total. The van der Waals surface area contributed by atoms with E-state index in [0.717, 1.165) is 30.8 Å².